The minimum absolute atomic E-state index is 0.0916. The molecule has 4 unspecified atom stereocenters. The fraction of sp³-hybridized carbons (Fsp3) is 0.882. The van der Waals surface area contributed by atoms with Gasteiger partial charge >= 0.3 is 0 Å². The van der Waals surface area contributed by atoms with Gasteiger partial charge in [-0.25, -0.2) is 0 Å². The molecule has 0 radical (unpaired) electrons. The summed E-state index contributed by atoms with van der Waals surface area (Å²) >= 11 is 0. The number of amides is 2. The molecule has 1 aliphatic heterocycles. The zero-order chi connectivity index (χ0) is 15.4. The van der Waals surface area contributed by atoms with Crippen molar-refractivity contribution in [3.8, 4) is 0 Å². The number of hydrogen-bond acceptors (Lipinski definition) is 2. The van der Waals surface area contributed by atoms with Crippen LogP contribution >= 0.6 is 0 Å². The van der Waals surface area contributed by atoms with E-state index in [1.54, 1.807) is 4.90 Å². The van der Waals surface area contributed by atoms with Crippen LogP contribution < -0.4 is 5.32 Å². The number of likely N-dealkylation sites (tertiary alicyclic amines) is 1. The molecule has 4 nitrogen and oxygen atoms in total. The van der Waals surface area contributed by atoms with Crippen LogP contribution in [0.15, 0.2) is 0 Å². The fourth-order valence-electron chi connectivity index (χ4n) is 4.96. The van der Waals surface area contributed by atoms with Crippen LogP contribution in [-0.2, 0) is 9.59 Å². The molecule has 0 spiro atoms. The van der Waals surface area contributed by atoms with Crippen molar-refractivity contribution < 1.29 is 9.59 Å². The van der Waals surface area contributed by atoms with E-state index in [1.165, 1.54) is 12.8 Å². The Hall–Kier alpha value is -1.06. The molecule has 4 atom stereocenters. The van der Waals surface area contributed by atoms with Gasteiger partial charge in [-0.3, -0.25) is 9.59 Å². The summed E-state index contributed by atoms with van der Waals surface area (Å²) < 4.78 is 0. The molecule has 2 bridgehead atoms. The van der Waals surface area contributed by atoms with Crippen molar-refractivity contribution in [3.63, 3.8) is 0 Å². The van der Waals surface area contributed by atoms with E-state index in [9.17, 15) is 9.59 Å². The normalized spacial score (nSPS) is 40.9. The third-order valence-corrected chi connectivity index (χ3v) is 7.08. The van der Waals surface area contributed by atoms with Crippen LogP contribution in [-0.4, -0.2) is 35.8 Å². The second-order valence-electron chi connectivity index (χ2n) is 8.01. The molecule has 4 heteroatoms. The van der Waals surface area contributed by atoms with Crippen molar-refractivity contribution in [3.05, 3.63) is 0 Å². The first-order chi connectivity index (χ1) is 9.79. The highest BCUT2D eigenvalue weighted by Crippen LogP contribution is 2.65. The maximum atomic E-state index is 12.5. The van der Waals surface area contributed by atoms with Crippen LogP contribution in [0.25, 0.3) is 0 Å². The van der Waals surface area contributed by atoms with Crippen molar-refractivity contribution in [1.82, 2.24) is 10.2 Å². The maximum absolute atomic E-state index is 12.5. The first-order valence-corrected chi connectivity index (χ1v) is 8.37. The monoisotopic (exact) mass is 292 g/mol. The van der Waals surface area contributed by atoms with E-state index in [2.05, 4.69) is 26.1 Å². The maximum Gasteiger partial charge on any atom is 0.225 e. The predicted octanol–water partition coefficient (Wildman–Crippen LogP) is 2.19. The smallest absolute Gasteiger partial charge is 0.225 e. The summed E-state index contributed by atoms with van der Waals surface area (Å²) in [5.74, 6) is 0.791. The predicted molar refractivity (Wildman–Crippen MR) is 81.5 cm³/mol. The average Bonchev–Trinajstić information content (AvgIpc) is 2.96. The van der Waals surface area contributed by atoms with E-state index in [0.29, 0.717) is 24.9 Å². The number of hydrogen-bond donors (Lipinski definition) is 1. The van der Waals surface area contributed by atoms with Gasteiger partial charge in [0, 0.05) is 25.6 Å². The van der Waals surface area contributed by atoms with Crippen molar-refractivity contribution in [2.75, 3.05) is 13.1 Å². The number of nitrogens with zero attached hydrogens (tertiary/aromatic N) is 1. The van der Waals surface area contributed by atoms with E-state index in [1.807, 2.05) is 6.92 Å². The van der Waals surface area contributed by atoms with Gasteiger partial charge in [0.25, 0.3) is 0 Å². The Labute approximate surface area is 127 Å². The molecule has 0 aromatic carbocycles. The molecule has 3 rings (SSSR count). The van der Waals surface area contributed by atoms with Gasteiger partial charge in [-0.2, -0.15) is 0 Å². The first-order valence-electron chi connectivity index (χ1n) is 8.37. The van der Waals surface area contributed by atoms with Crippen molar-refractivity contribution >= 4 is 11.8 Å². The van der Waals surface area contributed by atoms with Crippen LogP contribution in [0.2, 0.25) is 0 Å². The largest absolute Gasteiger partial charge is 0.352 e. The van der Waals surface area contributed by atoms with Gasteiger partial charge in [-0.15, -0.1) is 0 Å². The Bertz CT molecular complexity index is 473. The topological polar surface area (TPSA) is 49.4 Å². The van der Waals surface area contributed by atoms with Crippen LogP contribution in [0.3, 0.4) is 0 Å². The second kappa shape index (κ2) is 4.72. The van der Waals surface area contributed by atoms with E-state index in [-0.39, 0.29) is 29.2 Å². The molecular formula is C17H28N2O2. The molecule has 2 saturated carbocycles. The van der Waals surface area contributed by atoms with Crippen molar-refractivity contribution in [1.29, 1.82) is 0 Å². The van der Waals surface area contributed by atoms with E-state index < -0.39 is 0 Å². The molecule has 1 N–H and O–H groups in total. The molecule has 21 heavy (non-hydrogen) atoms. The third kappa shape index (κ3) is 2.01. The van der Waals surface area contributed by atoms with E-state index >= 15 is 0 Å². The Morgan fingerprint density at radius 1 is 1.38 bits per heavy atom. The minimum atomic E-state index is -0.150. The quantitative estimate of drug-likeness (QED) is 0.867. The minimum Gasteiger partial charge on any atom is -0.352 e. The summed E-state index contributed by atoms with van der Waals surface area (Å²) in [5.41, 5.74) is 0.520. The highest BCUT2D eigenvalue weighted by molar-refractivity contribution is 5.89. The number of nitrogens with one attached hydrogen (secondary N) is 1. The number of rotatable bonds is 3. The highest BCUT2D eigenvalue weighted by Gasteiger charge is 2.61. The summed E-state index contributed by atoms with van der Waals surface area (Å²) in [7, 11) is 0. The Balaban J connectivity index is 1.66. The lowest BCUT2D eigenvalue weighted by Crippen LogP contribution is -2.48. The zero-order valence-corrected chi connectivity index (χ0v) is 13.7. The summed E-state index contributed by atoms with van der Waals surface area (Å²) in [5, 5.41) is 3.30. The lowest BCUT2D eigenvalue weighted by molar-refractivity contribution is -0.129. The van der Waals surface area contributed by atoms with E-state index in [4.69, 9.17) is 0 Å². The van der Waals surface area contributed by atoms with Crippen molar-refractivity contribution in [2.24, 2.45) is 22.7 Å². The molecule has 1 saturated heterocycles. The SMILES string of the molecule is CCN1CC(C(=O)NC2CC3CCC2(C)C3(C)C)CC1=O. The van der Waals surface area contributed by atoms with Gasteiger partial charge in [0.1, 0.15) is 0 Å². The average molecular weight is 292 g/mol. The Morgan fingerprint density at radius 2 is 2.10 bits per heavy atom. The molecule has 3 fully saturated rings. The van der Waals surface area contributed by atoms with Crippen LogP contribution in [0.1, 0.15) is 53.4 Å². The fourth-order valence-corrected chi connectivity index (χ4v) is 4.96. The molecular weight excluding hydrogens is 264 g/mol. The van der Waals surface area contributed by atoms with Gasteiger partial charge in [-0.1, -0.05) is 20.8 Å². The molecule has 2 aliphatic carbocycles. The number of fused-ring (bicyclic) bond motifs is 2. The number of carbonyl (C=O) groups excluding carboxylic acids is 2. The standard InChI is InChI=1S/C17H28N2O2/c1-5-19-10-11(8-14(19)20)15(21)18-13-9-12-6-7-17(13,4)16(12,2)3/h11-13H,5-10H2,1-4H3,(H,18,21). The second-order valence-corrected chi connectivity index (χ2v) is 8.01. The van der Waals surface area contributed by atoms with Crippen molar-refractivity contribution in [2.45, 2.75) is 59.4 Å². The molecule has 3 aliphatic rings. The summed E-state index contributed by atoms with van der Waals surface area (Å²) in [4.78, 5) is 26.1. The summed E-state index contributed by atoms with van der Waals surface area (Å²) in [6.07, 6.45) is 3.99. The first kappa shape index (κ1) is 14.9. The van der Waals surface area contributed by atoms with Gasteiger partial charge in [-0.05, 0) is 42.9 Å². The lowest BCUT2D eigenvalue weighted by atomic mass is 9.69. The summed E-state index contributed by atoms with van der Waals surface area (Å²) in [6.45, 7) is 10.3. The molecule has 0 aromatic heterocycles. The molecule has 2 amide bonds. The van der Waals surface area contributed by atoms with Crippen LogP contribution in [0.4, 0.5) is 0 Å². The lowest BCUT2D eigenvalue weighted by Gasteiger charge is -2.39. The van der Waals surface area contributed by atoms with Gasteiger partial charge in [0.15, 0.2) is 0 Å². The van der Waals surface area contributed by atoms with Gasteiger partial charge in [0.2, 0.25) is 11.8 Å². The van der Waals surface area contributed by atoms with Gasteiger partial charge < -0.3 is 10.2 Å². The van der Waals surface area contributed by atoms with Crippen LogP contribution in [0, 0.1) is 22.7 Å². The molecule has 118 valence electrons. The highest BCUT2D eigenvalue weighted by atomic mass is 16.2. The van der Waals surface area contributed by atoms with Gasteiger partial charge in [0.05, 0.1) is 5.92 Å². The Kier molecular flexibility index (Phi) is 3.34. The zero-order valence-electron chi connectivity index (χ0n) is 13.7. The van der Waals surface area contributed by atoms with Crippen LogP contribution in [0.5, 0.6) is 0 Å². The third-order valence-electron chi connectivity index (χ3n) is 7.08. The summed E-state index contributed by atoms with van der Waals surface area (Å²) in [6, 6.07) is 0.282. The molecule has 1 heterocycles. The molecule has 0 aromatic rings. The number of carbonyl (C=O) groups is 2. The Morgan fingerprint density at radius 3 is 2.57 bits per heavy atom. The van der Waals surface area contributed by atoms with E-state index in [0.717, 1.165) is 12.3 Å².